The Bertz CT molecular complexity index is 703. The van der Waals surface area contributed by atoms with Crippen molar-refractivity contribution in [1.29, 1.82) is 0 Å². The fourth-order valence-electron chi connectivity index (χ4n) is 3.72. The molecule has 0 N–H and O–H groups in total. The standard InChI is InChI=1S/C15H18N4O2/c20-19(21)12-5-6-14-13(9-12)16-15-10-17(7-8-18(14)15)11-3-1-2-4-11/h5-6,9,11H,1-4,7-8,10H2. The number of imidazole rings is 1. The number of nitro groups is 1. The summed E-state index contributed by atoms with van der Waals surface area (Å²) in [6, 6.07) is 5.68. The number of hydrogen-bond donors (Lipinski definition) is 0. The molecule has 0 radical (unpaired) electrons. The van der Waals surface area contributed by atoms with Crippen molar-refractivity contribution in [2.45, 2.75) is 44.8 Å². The summed E-state index contributed by atoms with van der Waals surface area (Å²) in [4.78, 5) is 17.7. The first-order chi connectivity index (χ1) is 10.2. The zero-order valence-electron chi connectivity index (χ0n) is 11.9. The largest absolute Gasteiger partial charge is 0.326 e. The van der Waals surface area contributed by atoms with Crippen LogP contribution in [0.15, 0.2) is 18.2 Å². The molecule has 6 heteroatoms. The maximum atomic E-state index is 10.9. The number of fused-ring (bicyclic) bond motifs is 3. The second kappa shape index (κ2) is 4.80. The van der Waals surface area contributed by atoms with Gasteiger partial charge >= 0.3 is 0 Å². The van der Waals surface area contributed by atoms with Gasteiger partial charge in [-0.1, -0.05) is 12.8 Å². The predicted octanol–water partition coefficient (Wildman–Crippen LogP) is 2.70. The highest BCUT2D eigenvalue weighted by atomic mass is 16.6. The summed E-state index contributed by atoms with van der Waals surface area (Å²) >= 11 is 0. The molecular weight excluding hydrogens is 268 g/mol. The first-order valence-electron chi connectivity index (χ1n) is 7.60. The molecule has 0 unspecified atom stereocenters. The van der Waals surface area contributed by atoms with Crippen molar-refractivity contribution in [3.63, 3.8) is 0 Å². The summed E-state index contributed by atoms with van der Waals surface area (Å²) in [5.41, 5.74) is 1.87. The number of benzene rings is 1. The van der Waals surface area contributed by atoms with Crippen molar-refractivity contribution in [3.05, 3.63) is 34.1 Å². The Hall–Kier alpha value is -1.95. The summed E-state index contributed by atoms with van der Waals surface area (Å²) < 4.78 is 2.21. The number of non-ortho nitro benzene ring substituents is 1. The Labute approximate surface area is 122 Å². The Morgan fingerprint density at radius 1 is 1.24 bits per heavy atom. The Balaban J connectivity index is 1.68. The molecule has 0 amide bonds. The van der Waals surface area contributed by atoms with Gasteiger partial charge in [-0.15, -0.1) is 0 Å². The van der Waals surface area contributed by atoms with E-state index in [1.807, 2.05) is 6.07 Å². The zero-order chi connectivity index (χ0) is 14.4. The molecule has 2 aromatic rings. The van der Waals surface area contributed by atoms with Crippen molar-refractivity contribution >= 4 is 16.7 Å². The minimum Gasteiger partial charge on any atom is -0.326 e. The van der Waals surface area contributed by atoms with Gasteiger partial charge in [0.1, 0.15) is 5.82 Å². The Kier molecular flexibility index (Phi) is 2.92. The van der Waals surface area contributed by atoms with Crippen molar-refractivity contribution < 1.29 is 4.92 Å². The van der Waals surface area contributed by atoms with E-state index in [-0.39, 0.29) is 10.6 Å². The molecule has 0 atom stereocenters. The highest BCUT2D eigenvalue weighted by Crippen LogP contribution is 2.29. The minimum absolute atomic E-state index is 0.116. The lowest BCUT2D eigenvalue weighted by atomic mass is 10.2. The van der Waals surface area contributed by atoms with Crippen LogP contribution in [0.3, 0.4) is 0 Å². The molecule has 1 saturated carbocycles. The molecule has 1 aliphatic carbocycles. The van der Waals surface area contributed by atoms with Crippen LogP contribution in [0.2, 0.25) is 0 Å². The van der Waals surface area contributed by atoms with Crippen LogP contribution in [-0.2, 0) is 13.1 Å². The van der Waals surface area contributed by atoms with Gasteiger partial charge in [-0.3, -0.25) is 15.0 Å². The molecule has 21 heavy (non-hydrogen) atoms. The number of nitrogens with zero attached hydrogens (tertiary/aromatic N) is 4. The van der Waals surface area contributed by atoms with E-state index >= 15 is 0 Å². The predicted molar refractivity (Wildman–Crippen MR) is 79.1 cm³/mol. The van der Waals surface area contributed by atoms with Crippen molar-refractivity contribution in [2.75, 3.05) is 6.54 Å². The van der Waals surface area contributed by atoms with Crippen LogP contribution in [0.25, 0.3) is 11.0 Å². The number of aromatic nitrogens is 2. The van der Waals surface area contributed by atoms with E-state index in [2.05, 4.69) is 14.5 Å². The van der Waals surface area contributed by atoms with Crippen molar-refractivity contribution in [1.82, 2.24) is 14.5 Å². The molecule has 1 aromatic heterocycles. The number of hydrogen-bond acceptors (Lipinski definition) is 4. The van der Waals surface area contributed by atoms with Crippen LogP contribution in [0.4, 0.5) is 5.69 Å². The third-order valence-electron chi connectivity index (χ3n) is 4.82. The van der Waals surface area contributed by atoms with E-state index < -0.39 is 0 Å². The summed E-state index contributed by atoms with van der Waals surface area (Å²) in [6.07, 6.45) is 5.27. The van der Waals surface area contributed by atoms with Crippen LogP contribution in [-0.4, -0.2) is 32.0 Å². The Morgan fingerprint density at radius 2 is 2.05 bits per heavy atom. The van der Waals surface area contributed by atoms with E-state index in [9.17, 15) is 10.1 Å². The lowest BCUT2D eigenvalue weighted by molar-refractivity contribution is -0.384. The lowest BCUT2D eigenvalue weighted by Crippen LogP contribution is -2.39. The molecule has 1 fully saturated rings. The smallest absolute Gasteiger partial charge is 0.271 e. The molecule has 110 valence electrons. The normalized spacial score (nSPS) is 20.0. The molecule has 0 saturated heterocycles. The summed E-state index contributed by atoms with van der Waals surface area (Å²) in [5.74, 6) is 1.05. The van der Waals surface area contributed by atoms with Crippen LogP contribution in [0, 0.1) is 10.1 Å². The fourth-order valence-corrected chi connectivity index (χ4v) is 3.72. The number of rotatable bonds is 2. The minimum atomic E-state index is -0.359. The summed E-state index contributed by atoms with van der Waals surface area (Å²) in [5, 5.41) is 10.9. The first-order valence-corrected chi connectivity index (χ1v) is 7.60. The summed E-state index contributed by atoms with van der Waals surface area (Å²) in [6.45, 7) is 2.85. The van der Waals surface area contributed by atoms with Gasteiger partial charge in [0, 0.05) is 31.3 Å². The molecule has 1 aromatic carbocycles. The average Bonchev–Trinajstić information content (AvgIpc) is 3.13. The molecule has 1 aliphatic heterocycles. The highest BCUT2D eigenvalue weighted by Gasteiger charge is 2.27. The molecular formula is C15H18N4O2. The van der Waals surface area contributed by atoms with Crippen LogP contribution < -0.4 is 0 Å². The second-order valence-electron chi connectivity index (χ2n) is 6.02. The molecule has 0 bridgehead atoms. The molecule has 2 aliphatic rings. The van der Waals surface area contributed by atoms with Gasteiger partial charge < -0.3 is 4.57 Å². The summed E-state index contributed by atoms with van der Waals surface area (Å²) in [7, 11) is 0. The third-order valence-corrected chi connectivity index (χ3v) is 4.82. The van der Waals surface area contributed by atoms with E-state index in [4.69, 9.17) is 0 Å². The average molecular weight is 286 g/mol. The fraction of sp³-hybridized carbons (Fsp3) is 0.533. The lowest BCUT2D eigenvalue weighted by Gasteiger charge is -2.32. The van der Waals surface area contributed by atoms with Crippen LogP contribution in [0.5, 0.6) is 0 Å². The topological polar surface area (TPSA) is 64.2 Å². The van der Waals surface area contributed by atoms with E-state index in [0.717, 1.165) is 36.5 Å². The maximum absolute atomic E-state index is 10.9. The van der Waals surface area contributed by atoms with Crippen LogP contribution in [0.1, 0.15) is 31.5 Å². The van der Waals surface area contributed by atoms with Crippen molar-refractivity contribution in [2.24, 2.45) is 0 Å². The SMILES string of the molecule is O=[N+]([O-])c1ccc2c(c1)nc1n2CCN(C2CCCC2)C1. The van der Waals surface area contributed by atoms with E-state index in [0.29, 0.717) is 6.04 Å². The third kappa shape index (κ3) is 2.10. The first kappa shape index (κ1) is 12.8. The van der Waals surface area contributed by atoms with Gasteiger partial charge in [-0.25, -0.2) is 4.98 Å². The quantitative estimate of drug-likeness (QED) is 0.629. The second-order valence-corrected chi connectivity index (χ2v) is 6.02. The van der Waals surface area contributed by atoms with Crippen molar-refractivity contribution in [3.8, 4) is 0 Å². The molecule has 6 nitrogen and oxygen atoms in total. The van der Waals surface area contributed by atoms with E-state index in [1.54, 1.807) is 12.1 Å². The van der Waals surface area contributed by atoms with Gasteiger partial charge in [0.25, 0.3) is 5.69 Å². The molecule has 4 rings (SSSR count). The highest BCUT2D eigenvalue weighted by molar-refractivity contribution is 5.78. The monoisotopic (exact) mass is 286 g/mol. The van der Waals surface area contributed by atoms with Gasteiger partial charge in [0.15, 0.2) is 0 Å². The number of nitro benzene ring substituents is 1. The molecule has 0 spiro atoms. The zero-order valence-corrected chi connectivity index (χ0v) is 11.9. The van der Waals surface area contributed by atoms with Gasteiger partial charge in [0.05, 0.1) is 22.5 Å². The molecule has 2 heterocycles. The van der Waals surface area contributed by atoms with Gasteiger partial charge in [-0.05, 0) is 18.9 Å². The van der Waals surface area contributed by atoms with Gasteiger partial charge in [-0.2, -0.15) is 0 Å². The van der Waals surface area contributed by atoms with Gasteiger partial charge in [0.2, 0.25) is 0 Å². The Morgan fingerprint density at radius 3 is 2.81 bits per heavy atom. The van der Waals surface area contributed by atoms with E-state index in [1.165, 1.54) is 25.7 Å². The maximum Gasteiger partial charge on any atom is 0.271 e. The van der Waals surface area contributed by atoms with Crippen LogP contribution >= 0.6 is 0 Å².